The Kier molecular flexibility index (Phi) is 4.30. The van der Waals surface area contributed by atoms with Gasteiger partial charge in [-0.05, 0) is 61.7 Å². The number of aryl methyl sites for hydroxylation is 3. The molecule has 0 fully saturated rings. The van der Waals surface area contributed by atoms with Gasteiger partial charge in [-0.1, -0.05) is 23.5 Å². The summed E-state index contributed by atoms with van der Waals surface area (Å²) in [6.45, 7) is 6.01. The molecule has 0 radical (unpaired) electrons. The predicted molar refractivity (Wildman–Crippen MR) is 94.4 cm³/mol. The Balaban J connectivity index is 1.64. The van der Waals surface area contributed by atoms with Crippen LogP contribution in [0, 0.1) is 20.8 Å². The second kappa shape index (κ2) is 6.38. The van der Waals surface area contributed by atoms with Crippen LogP contribution in [0.5, 0.6) is 5.75 Å². The average molecular weight is 326 g/mol. The van der Waals surface area contributed by atoms with Gasteiger partial charge in [0.05, 0.1) is 10.2 Å². The van der Waals surface area contributed by atoms with E-state index in [1.54, 1.807) is 0 Å². The molecule has 0 aliphatic rings. The first kappa shape index (κ1) is 15.5. The molecule has 0 spiro atoms. The number of carbonyl (C=O) groups is 1. The number of anilines is 1. The Morgan fingerprint density at radius 3 is 2.57 bits per heavy atom. The van der Waals surface area contributed by atoms with E-state index in [4.69, 9.17) is 4.74 Å². The monoisotopic (exact) mass is 326 g/mol. The summed E-state index contributed by atoms with van der Waals surface area (Å²) in [7, 11) is 0. The first-order valence-corrected chi connectivity index (χ1v) is 8.19. The molecule has 4 nitrogen and oxygen atoms in total. The minimum absolute atomic E-state index is 0.0299. The lowest BCUT2D eigenvalue weighted by Crippen LogP contribution is -2.20. The number of benzene rings is 2. The molecule has 0 aliphatic heterocycles. The number of nitrogens with zero attached hydrogens (tertiary/aromatic N) is 1. The molecule has 2 aromatic carbocycles. The van der Waals surface area contributed by atoms with Gasteiger partial charge in [0, 0.05) is 0 Å². The van der Waals surface area contributed by atoms with Crippen molar-refractivity contribution >= 4 is 32.6 Å². The minimum atomic E-state index is -0.208. The third-order valence-corrected chi connectivity index (χ3v) is 4.29. The van der Waals surface area contributed by atoms with Crippen LogP contribution in [0.3, 0.4) is 0 Å². The maximum absolute atomic E-state index is 12.0. The van der Waals surface area contributed by atoms with E-state index in [1.165, 1.54) is 16.9 Å². The van der Waals surface area contributed by atoms with Crippen molar-refractivity contribution in [1.82, 2.24) is 4.98 Å². The number of carbonyl (C=O) groups excluding carboxylic acids is 1. The summed E-state index contributed by atoms with van der Waals surface area (Å²) in [5.41, 5.74) is 4.30. The first-order valence-electron chi connectivity index (χ1n) is 7.38. The van der Waals surface area contributed by atoms with Crippen LogP contribution in [0.1, 0.15) is 16.7 Å². The van der Waals surface area contributed by atoms with Gasteiger partial charge in [-0.2, -0.15) is 0 Å². The highest BCUT2D eigenvalue weighted by atomic mass is 32.1. The van der Waals surface area contributed by atoms with Crippen LogP contribution in [0.15, 0.2) is 36.4 Å². The SMILES string of the molecule is Cc1cc(C)cc(OCC(=O)Nc2nc3ccc(C)cc3s2)c1. The highest BCUT2D eigenvalue weighted by Gasteiger charge is 2.09. The predicted octanol–water partition coefficient (Wildman–Crippen LogP) is 4.24. The molecule has 23 heavy (non-hydrogen) atoms. The van der Waals surface area contributed by atoms with Crippen molar-refractivity contribution in [2.75, 3.05) is 11.9 Å². The lowest BCUT2D eigenvalue weighted by molar-refractivity contribution is -0.118. The summed E-state index contributed by atoms with van der Waals surface area (Å²) in [6.07, 6.45) is 0. The van der Waals surface area contributed by atoms with Crippen LogP contribution < -0.4 is 10.1 Å². The summed E-state index contributed by atoms with van der Waals surface area (Å²) < 4.78 is 6.62. The average Bonchev–Trinajstić information content (AvgIpc) is 2.85. The molecule has 3 rings (SSSR count). The Hall–Kier alpha value is -2.40. The molecular weight excluding hydrogens is 308 g/mol. The van der Waals surface area contributed by atoms with E-state index in [0.717, 1.165) is 21.3 Å². The van der Waals surface area contributed by atoms with Crippen LogP contribution >= 0.6 is 11.3 Å². The number of aromatic nitrogens is 1. The molecule has 1 N–H and O–H groups in total. The molecule has 1 amide bonds. The normalized spacial score (nSPS) is 10.7. The van der Waals surface area contributed by atoms with E-state index < -0.39 is 0 Å². The zero-order chi connectivity index (χ0) is 16.4. The van der Waals surface area contributed by atoms with Gasteiger partial charge in [0.1, 0.15) is 5.75 Å². The van der Waals surface area contributed by atoms with E-state index >= 15 is 0 Å². The van der Waals surface area contributed by atoms with Crippen LogP contribution in [0.4, 0.5) is 5.13 Å². The van der Waals surface area contributed by atoms with Gasteiger partial charge >= 0.3 is 0 Å². The van der Waals surface area contributed by atoms with Gasteiger partial charge in [0.2, 0.25) is 0 Å². The number of hydrogen-bond acceptors (Lipinski definition) is 4. The zero-order valence-corrected chi connectivity index (χ0v) is 14.2. The topological polar surface area (TPSA) is 51.2 Å². The second-order valence-corrected chi connectivity index (χ2v) is 6.68. The number of hydrogen-bond donors (Lipinski definition) is 1. The van der Waals surface area contributed by atoms with Crippen molar-refractivity contribution in [2.24, 2.45) is 0 Å². The van der Waals surface area contributed by atoms with Crippen LogP contribution in [-0.2, 0) is 4.79 Å². The molecule has 0 saturated carbocycles. The highest BCUT2D eigenvalue weighted by Crippen LogP contribution is 2.26. The molecule has 1 heterocycles. The fourth-order valence-corrected chi connectivity index (χ4v) is 3.39. The summed E-state index contributed by atoms with van der Waals surface area (Å²) in [4.78, 5) is 16.4. The standard InChI is InChI=1S/C18H18N2O2S/c1-11-4-5-15-16(9-11)23-18(19-15)20-17(21)10-22-14-7-12(2)6-13(3)8-14/h4-9H,10H2,1-3H3,(H,19,20,21). The maximum Gasteiger partial charge on any atom is 0.264 e. The molecule has 1 aromatic heterocycles. The second-order valence-electron chi connectivity index (χ2n) is 5.65. The molecule has 0 saturated heterocycles. The zero-order valence-electron chi connectivity index (χ0n) is 13.3. The molecule has 5 heteroatoms. The first-order chi connectivity index (χ1) is 11.0. The summed E-state index contributed by atoms with van der Waals surface area (Å²) in [6, 6.07) is 11.9. The lowest BCUT2D eigenvalue weighted by Gasteiger charge is -2.07. The van der Waals surface area contributed by atoms with E-state index in [-0.39, 0.29) is 12.5 Å². The molecule has 0 bridgehead atoms. The number of ether oxygens (including phenoxy) is 1. The maximum atomic E-state index is 12.0. The molecule has 118 valence electrons. The van der Waals surface area contributed by atoms with Crippen molar-refractivity contribution in [1.29, 1.82) is 0 Å². The van der Waals surface area contributed by atoms with Crippen LogP contribution in [0.2, 0.25) is 0 Å². The van der Waals surface area contributed by atoms with Crippen molar-refractivity contribution < 1.29 is 9.53 Å². The summed E-state index contributed by atoms with van der Waals surface area (Å²) in [5, 5.41) is 3.39. The van der Waals surface area contributed by atoms with Crippen molar-refractivity contribution in [2.45, 2.75) is 20.8 Å². The van der Waals surface area contributed by atoms with E-state index in [0.29, 0.717) is 10.9 Å². The molecular formula is C18H18N2O2S. The highest BCUT2D eigenvalue weighted by molar-refractivity contribution is 7.22. The van der Waals surface area contributed by atoms with Gasteiger partial charge in [0.15, 0.2) is 11.7 Å². The Labute approximate surface area is 139 Å². The van der Waals surface area contributed by atoms with Crippen molar-refractivity contribution in [3.63, 3.8) is 0 Å². The van der Waals surface area contributed by atoms with Crippen molar-refractivity contribution in [3.8, 4) is 5.75 Å². The van der Waals surface area contributed by atoms with E-state index in [2.05, 4.69) is 22.4 Å². The smallest absolute Gasteiger partial charge is 0.264 e. The summed E-state index contributed by atoms with van der Waals surface area (Å²) >= 11 is 1.47. The molecule has 0 aliphatic carbocycles. The van der Waals surface area contributed by atoms with Gasteiger partial charge in [-0.25, -0.2) is 4.98 Å². The van der Waals surface area contributed by atoms with Gasteiger partial charge in [0.25, 0.3) is 5.91 Å². The number of nitrogens with one attached hydrogen (secondary N) is 1. The third-order valence-electron chi connectivity index (χ3n) is 3.36. The van der Waals surface area contributed by atoms with Gasteiger partial charge < -0.3 is 4.74 Å². The minimum Gasteiger partial charge on any atom is -0.484 e. The summed E-state index contributed by atoms with van der Waals surface area (Å²) in [5.74, 6) is 0.498. The van der Waals surface area contributed by atoms with Gasteiger partial charge in [-0.15, -0.1) is 0 Å². The number of rotatable bonds is 4. The molecule has 0 atom stereocenters. The van der Waals surface area contributed by atoms with E-state index in [1.807, 2.05) is 45.0 Å². The number of thiazole rings is 1. The fourth-order valence-electron chi connectivity index (χ4n) is 2.41. The Bertz CT molecular complexity index is 850. The number of amides is 1. The molecule has 3 aromatic rings. The number of fused-ring (bicyclic) bond motifs is 1. The van der Waals surface area contributed by atoms with Crippen LogP contribution in [-0.4, -0.2) is 17.5 Å². The Morgan fingerprint density at radius 2 is 1.83 bits per heavy atom. The lowest BCUT2D eigenvalue weighted by atomic mass is 10.1. The van der Waals surface area contributed by atoms with E-state index in [9.17, 15) is 4.79 Å². The largest absolute Gasteiger partial charge is 0.484 e. The quantitative estimate of drug-likeness (QED) is 0.780. The van der Waals surface area contributed by atoms with Crippen LogP contribution in [0.25, 0.3) is 10.2 Å². The van der Waals surface area contributed by atoms with Crippen molar-refractivity contribution in [3.05, 3.63) is 53.1 Å². The van der Waals surface area contributed by atoms with Gasteiger partial charge in [-0.3, -0.25) is 10.1 Å². The third kappa shape index (κ3) is 3.87. The Morgan fingerprint density at radius 1 is 1.09 bits per heavy atom. The molecule has 0 unspecified atom stereocenters. The fraction of sp³-hybridized carbons (Fsp3) is 0.222.